The standard InChI is InChI=1S/C32H26F8O2/c33-25-17-21(7-9-23(25)19-13-27(35)31(39)28(36)14-19)41-11-5-3-1-2-4-6-12-42-22-8-10-24(26(34)18-22)20-15-29(37)32(40)30(38)16-20/h7-10,13-18H,1-6,11-12H2. The number of unbranched alkanes of at least 4 members (excludes halogenated alkanes) is 5. The maximum atomic E-state index is 14.4. The van der Waals surface area contributed by atoms with Crippen LogP contribution in [0, 0.1) is 46.5 Å². The maximum Gasteiger partial charge on any atom is 0.194 e. The van der Waals surface area contributed by atoms with Gasteiger partial charge in [0.25, 0.3) is 0 Å². The summed E-state index contributed by atoms with van der Waals surface area (Å²) in [5.74, 6) is -9.82. The van der Waals surface area contributed by atoms with E-state index in [1.54, 1.807) is 0 Å². The van der Waals surface area contributed by atoms with Crippen molar-refractivity contribution in [3.05, 3.63) is 107 Å². The van der Waals surface area contributed by atoms with Crippen molar-refractivity contribution in [2.24, 2.45) is 0 Å². The highest BCUT2D eigenvalue weighted by Crippen LogP contribution is 2.30. The van der Waals surface area contributed by atoms with Gasteiger partial charge in [-0.2, -0.15) is 0 Å². The monoisotopic (exact) mass is 594 g/mol. The molecule has 0 amide bonds. The second-order valence-corrected chi connectivity index (χ2v) is 9.61. The molecule has 0 atom stereocenters. The maximum absolute atomic E-state index is 14.4. The van der Waals surface area contributed by atoms with E-state index in [2.05, 4.69) is 0 Å². The van der Waals surface area contributed by atoms with Crippen LogP contribution >= 0.6 is 0 Å². The molecule has 0 saturated carbocycles. The molecule has 0 aliphatic heterocycles. The lowest BCUT2D eigenvalue weighted by atomic mass is 10.0. The van der Waals surface area contributed by atoms with Gasteiger partial charge in [0, 0.05) is 23.3 Å². The van der Waals surface area contributed by atoms with Crippen molar-refractivity contribution >= 4 is 0 Å². The second kappa shape index (κ2) is 14.2. The zero-order valence-electron chi connectivity index (χ0n) is 22.3. The Morgan fingerprint density at radius 1 is 0.381 bits per heavy atom. The fourth-order valence-electron chi connectivity index (χ4n) is 4.35. The topological polar surface area (TPSA) is 18.5 Å². The average molecular weight is 595 g/mol. The van der Waals surface area contributed by atoms with Crippen molar-refractivity contribution in [3.63, 3.8) is 0 Å². The summed E-state index contributed by atoms with van der Waals surface area (Å²) in [4.78, 5) is 0. The first-order valence-corrected chi connectivity index (χ1v) is 13.3. The minimum Gasteiger partial charge on any atom is -0.493 e. The first-order valence-electron chi connectivity index (χ1n) is 13.3. The molecule has 42 heavy (non-hydrogen) atoms. The van der Waals surface area contributed by atoms with Gasteiger partial charge in [0.15, 0.2) is 34.9 Å². The number of benzene rings is 4. The first-order chi connectivity index (χ1) is 20.1. The van der Waals surface area contributed by atoms with E-state index in [1.807, 2.05) is 0 Å². The Bertz CT molecular complexity index is 1380. The summed E-state index contributed by atoms with van der Waals surface area (Å²) in [6, 6.07) is 10.7. The second-order valence-electron chi connectivity index (χ2n) is 9.61. The molecule has 222 valence electrons. The van der Waals surface area contributed by atoms with Gasteiger partial charge in [-0.15, -0.1) is 0 Å². The lowest BCUT2D eigenvalue weighted by Crippen LogP contribution is -2.00. The van der Waals surface area contributed by atoms with Gasteiger partial charge in [0.05, 0.1) is 13.2 Å². The van der Waals surface area contributed by atoms with Crippen LogP contribution in [0.2, 0.25) is 0 Å². The SMILES string of the molecule is Fc1cc(OCCCCCCCCOc2ccc(-c3cc(F)c(F)c(F)c3)c(F)c2)ccc1-c1cc(F)c(F)c(F)c1. The molecular weight excluding hydrogens is 568 g/mol. The molecule has 0 spiro atoms. The van der Waals surface area contributed by atoms with Crippen molar-refractivity contribution in [3.8, 4) is 33.8 Å². The molecule has 0 N–H and O–H groups in total. The zero-order chi connectivity index (χ0) is 30.2. The van der Waals surface area contributed by atoms with Gasteiger partial charge < -0.3 is 9.47 Å². The van der Waals surface area contributed by atoms with Gasteiger partial charge in [-0.25, -0.2) is 35.1 Å². The minimum atomic E-state index is -1.61. The quantitative estimate of drug-likeness (QED) is 0.0872. The van der Waals surface area contributed by atoms with Crippen LogP contribution in [0.5, 0.6) is 11.5 Å². The molecule has 4 aromatic rings. The molecule has 0 unspecified atom stereocenters. The van der Waals surface area contributed by atoms with E-state index in [1.165, 1.54) is 24.3 Å². The van der Waals surface area contributed by atoms with Gasteiger partial charge in [0.2, 0.25) is 0 Å². The van der Waals surface area contributed by atoms with E-state index in [4.69, 9.17) is 9.47 Å². The molecule has 0 aliphatic carbocycles. The van der Waals surface area contributed by atoms with E-state index < -0.39 is 46.5 Å². The molecule has 0 heterocycles. The predicted molar refractivity (Wildman–Crippen MR) is 142 cm³/mol. The fourth-order valence-corrected chi connectivity index (χ4v) is 4.35. The minimum absolute atomic E-state index is 0.0790. The smallest absolute Gasteiger partial charge is 0.194 e. The van der Waals surface area contributed by atoms with Gasteiger partial charge in [-0.05, 0) is 72.5 Å². The van der Waals surface area contributed by atoms with Crippen molar-refractivity contribution in [2.45, 2.75) is 38.5 Å². The van der Waals surface area contributed by atoms with Crippen LogP contribution in [0.3, 0.4) is 0 Å². The van der Waals surface area contributed by atoms with Crippen molar-refractivity contribution in [1.82, 2.24) is 0 Å². The van der Waals surface area contributed by atoms with Gasteiger partial charge in [0.1, 0.15) is 23.1 Å². The van der Waals surface area contributed by atoms with E-state index >= 15 is 0 Å². The van der Waals surface area contributed by atoms with Crippen LogP contribution in [0.15, 0.2) is 60.7 Å². The average Bonchev–Trinajstić information content (AvgIpc) is 2.95. The molecule has 2 nitrogen and oxygen atoms in total. The largest absolute Gasteiger partial charge is 0.493 e. The Kier molecular flexibility index (Phi) is 10.4. The summed E-state index contributed by atoms with van der Waals surface area (Å²) in [6.07, 6.45) is 5.03. The molecule has 0 fully saturated rings. The third-order valence-corrected chi connectivity index (χ3v) is 6.55. The first kappa shape index (κ1) is 30.9. The predicted octanol–water partition coefficient (Wildman–Crippen LogP) is 9.93. The van der Waals surface area contributed by atoms with Crippen LogP contribution in [0.25, 0.3) is 22.3 Å². The normalized spacial score (nSPS) is 11.1. The Morgan fingerprint density at radius 2 is 0.714 bits per heavy atom. The number of rotatable bonds is 13. The van der Waals surface area contributed by atoms with Crippen LogP contribution in [0.1, 0.15) is 38.5 Å². The van der Waals surface area contributed by atoms with E-state index in [-0.39, 0.29) is 33.8 Å². The van der Waals surface area contributed by atoms with Crippen LogP contribution in [-0.4, -0.2) is 13.2 Å². The molecule has 10 heteroatoms. The number of hydrogen-bond acceptors (Lipinski definition) is 2. The summed E-state index contributed by atoms with van der Waals surface area (Å²) >= 11 is 0. The summed E-state index contributed by atoms with van der Waals surface area (Å²) in [5, 5.41) is 0. The van der Waals surface area contributed by atoms with Gasteiger partial charge in [-0.1, -0.05) is 25.7 Å². The van der Waals surface area contributed by atoms with Gasteiger partial charge in [-0.3, -0.25) is 0 Å². The highest BCUT2D eigenvalue weighted by Gasteiger charge is 2.16. The summed E-state index contributed by atoms with van der Waals surface area (Å²) in [5.41, 5.74) is -0.402. The zero-order valence-corrected chi connectivity index (χ0v) is 22.3. The third kappa shape index (κ3) is 7.80. The third-order valence-electron chi connectivity index (χ3n) is 6.55. The number of ether oxygens (including phenoxy) is 2. The lowest BCUT2D eigenvalue weighted by molar-refractivity contribution is 0.295. The highest BCUT2D eigenvalue weighted by molar-refractivity contribution is 5.66. The Labute approximate surface area is 237 Å². The Balaban J connectivity index is 1.11. The van der Waals surface area contributed by atoms with Crippen molar-refractivity contribution in [1.29, 1.82) is 0 Å². The highest BCUT2D eigenvalue weighted by atomic mass is 19.2. The molecule has 0 bridgehead atoms. The molecule has 4 aromatic carbocycles. The number of halogens is 8. The van der Waals surface area contributed by atoms with Gasteiger partial charge >= 0.3 is 0 Å². The molecular formula is C32H26F8O2. The summed E-state index contributed by atoms with van der Waals surface area (Å²) in [6.45, 7) is 0.695. The fraction of sp³-hybridized carbons (Fsp3) is 0.250. The molecule has 0 aliphatic rings. The summed E-state index contributed by atoms with van der Waals surface area (Å²) < 4.78 is 120. The Hall–Kier alpha value is -4.08. The van der Waals surface area contributed by atoms with E-state index in [0.717, 1.165) is 74.9 Å². The van der Waals surface area contributed by atoms with Crippen LogP contribution < -0.4 is 9.47 Å². The van der Waals surface area contributed by atoms with E-state index in [0.29, 0.717) is 13.2 Å². The molecule has 4 rings (SSSR count). The molecule has 0 saturated heterocycles. The molecule has 0 aromatic heterocycles. The van der Waals surface area contributed by atoms with Crippen molar-refractivity contribution < 1.29 is 44.6 Å². The lowest BCUT2D eigenvalue weighted by Gasteiger charge is -2.10. The molecule has 0 radical (unpaired) electrons. The van der Waals surface area contributed by atoms with E-state index in [9.17, 15) is 35.1 Å². The van der Waals surface area contributed by atoms with Crippen molar-refractivity contribution in [2.75, 3.05) is 13.2 Å². The Morgan fingerprint density at radius 3 is 1.05 bits per heavy atom. The summed E-state index contributed by atoms with van der Waals surface area (Å²) in [7, 11) is 0. The number of hydrogen-bond donors (Lipinski definition) is 0. The van der Waals surface area contributed by atoms with Crippen LogP contribution in [-0.2, 0) is 0 Å². The van der Waals surface area contributed by atoms with Crippen LogP contribution in [0.4, 0.5) is 35.1 Å².